The van der Waals surface area contributed by atoms with Gasteiger partial charge in [-0.15, -0.1) is 0 Å². The second-order valence-corrected chi connectivity index (χ2v) is 5.15. The van der Waals surface area contributed by atoms with Crippen LogP contribution in [0, 0.1) is 0 Å². The maximum Gasteiger partial charge on any atom is 0.126 e. The van der Waals surface area contributed by atoms with E-state index in [1.807, 2.05) is 24.3 Å². The summed E-state index contributed by atoms with van der Waals surface area (Å²) in [7, 11) is 1.71. The van der Waals surface area contributed by atoms with E-state index in [0.717, 1.165) is 35.8 Å². The van der Waals surface area contributed by atoms with Crippen molar-refractivity contribution in [3.05, 3.63) is 52.5 Å². The van der Waals surface area contributed by atoms with Gasteiger partial charge in [-0.25, -0.2) is 0 Å². The van der Waals surface area contributed by atoms with Gasteiger partial charge in [-0.3, -0.25) is 0 Å². The molecule has 1 N–H and O–H groups in total. The molecule has 0 aromatic heterocycles. The van der Waals surface area contributed by atoms with Crippen LogP contribution in [0.3, 0.4) is 0 Å². The summed E-state index contributed by atoms with van der Waals surface area (Å²) in [5.41, 5.74) is 4.99. The third-order valence-corrected chi connectivity index (χ3v) is 3.79. The van der Waals surface area contributed by atoms with Gasteiger partial charge >= 0.3 is 0 Å². The molecule has 2 aromatic carbocycles. The molecule has 0 amide bonds. The monoisotopic (exact) mass is 273 g/mol. The predicted molar refractivity (Wildman–Crippen MR) is 78.9 cm³/mol. The van der Waals surface area contributed by atoms with Gasteiger partial charge in [0.25, 0.3) is 0 Å². The summed E-state index contributed by atoms with van der Waals surface area (Å²) in [4.78, 5) is 0. The third-order valence-electron chi connectivity index (χ3n) is 3.57. The van der Waals surface area contributed by atoms with Crippen molar-refractivity contribution in [3.63, 3.8) is 0 Å². The lowest BCUT2D eigenvalue weighted by molar-refractivity contribution is 0.416. The minimum absolute atomic E-state index is 0.781. The van der Waals surface area contributed by atoms with Gasteiger partial charge in [-0.2, -0.15) is 0 Å². The molecule has 1 heterocycles. The van der Waals surface area contributed by atoms with E-state index >= 15 is 0 Å². The van der Waals surface area contributed by atoms with Crippen LogP contribution in [0.15, 0.2) is 36.4 Å². The average molecular weight is 274 g/mol. The Balaban J connectivity index is 2.21. The van der Waals surface area contributed by atoms with Crippen LogP contribution in [0.5, 0.6) is 5.75 Å². The molecule has 98 valence electrons. The van der Waals surface area contributed by atoms with Crippen LogP contribution in [0.4, 0.5) is 0 Å². The van der Waals surface area contributed by atoms with Gasteiger partial charge in [0.15, 0.2) is 0 Å². The lowest BCUT2D eigenvalue weighted by atomic mass is 9.91. The molecule has 0 atom stereocenters. The smallest absolute Gasteiger partial charge is 0.126 e. The topological polar surface area (TPSA) is 21.3 Å². The Bertz CT molecular complexity index is 610. The summed E-state index contributed by atoms with van der Waals surface area (Å²) in [5, 5.41) is 4.17. The van der Waals surface area contributed by atoms with Crippen molar-refractivity contribution in [2.75, 3.05) is 13.7 Å². The van der Waals surface area contributed by atoms with Gasteiger partial charge in [0, 0.05) is 17.1 Å². The molecule has 3 rings (SSSR count). The minimum atomic E-state index is 0.781. The molecule has 2 nitrogen and oxygen atoms in total. The molecule has 2 aromatic rings. The summed E-state index contributed by atoms with van der Waals surface area (Å²) in [6.07, 6.45) is 1.03. The number of rotatable bonds is 2. The molecular formula is C16H16ClNO. The van der Waals surface area contributed by atoms with Gasteiger partial charge in [0.1, 0.15) is 5.75 Å². The first-order valence-corrected chi connectivity index (χ1v) is 6.83. The molecule has 0 spiro atoms. The van der Waals surface area contributed by atoms with Crippen molar-refractivity contribution in [1.29, 1.82) is 0 Å². The van der Waals surface area contributed by atoms with E-state index in [4.69, 9.17) is 16.3 Å². The van der Waals surface area contributed by atoms with Crippen molar-refractivity contribution < 1.29 is 4.74 Å². The van der Waals surface area contributed by atoms with Crippen molar-refractivity contribution >= 4 is 11.6 Å². The molecule has 0 saturated carbocycles. The number of benzene rings is 2. The Morgan fingerprint density at radius 2 is 2.00 bits per heavy atom. The Labute approximate surface area is 118 Å². The SMILES string of the molecule is COc1ccccc1-c1cc(Cl)cc2c1CCNC2. The molecular weight excluding hydrogens is 258 g/mol. The maximum atomic E-state index is 6.26. The van der Waals surface area contributed by atoms with Crippen LogP contribution in [0.2, 0.25) is 5.02 Å². The maximum absolute atomic E-state index is 6.26. The second kappa shape index (κ2) is 5.24. The molecule has 3 heteroatoms. The molecule has 1 aliphatic heterocycles. The molecule has 0 bridgehead atoms. The Hall–Kier alpha value is -1.51. The second-order valence-electron chi connectivity index (χ2n) is 4.72. The number of hydrogen-bond acceptors (Lipinski definition) is 2. The van der Waals surface area contributed by atoms with Crippen LogP contribution in [0.25, 0.3) is 11.1 Å². The van der Waals surface area contributed by atoms with E-state index in [1.165, 1.54) is 16.7 Å². The highest BCUT2D eigenvalue weighted by molar-refractivity contribution is 6.31. The number of ether oxygens (including phenoxy) is 1. The molecule has 0 radical (unpaired) electrons. The van der Waals surface area contributed by atoms with Gasteiger partial charge in [-0.1, -0.05) is 29.8 Å². The molecule has 0 aliphatic carbocycles. The first kappa shape index (κ1) is 12.5. The Morgan fingerprint density at radius 1 is 1.16 bits per heavy atom. The normalized spacial score (nSPS) is 14.0. The molecule has 0 saturated heterocycles. The first-order chi connectivity index (χ1) is 9.29. The average Bonchev–Trinajstić information content (AvgIpc) is 2.46. The van der Waals surface area contributed by atoms with Crippen LogP contribution in [0.1, 0.15) is 11.1 Å². The number of halogens is 1. The lowest BCUT2D eigenvalue weighted by Crippen LogP contribution is -2.24. The lowest BCUT2D eigenvalue weighted by Gasteiger charge is -2.22. The Kier molecular flexibility index (Phi) is 3.45. The number of para-hydroxylation sites is 1. The fourth-order valence-corrected chi connectivity index (χ4v) is 2.93. The quantitative estimate of drug-likeness (QED) is 0.902. The zero-order valence-corrected chi connectivity index (χ0v) is 11.6. The molecule has 1 aliphatic rings. The van der Waals surface area contributed by atoms with Gasteiger partial charge in [-0.05, 0) is 47.9 Å². The van der Waals surface area contributed by atoms with E-state index in [2.05, 4.69) is 17.4 Å². The largest absolute Gasteiger partial charge is 0.496 e. The van der Waals surface area contributed by atoms with E-state index < -0.39 is 0 Å². The first-order valence-electron chi connectivity index (χ1n) is 6.45. The van der Waals surface area contributed by atoms with Crippen molar-refractivity contribution in [1.82, 2.24) is 5.32 Å². The summed E-state index contributed by atoms with van der Waals surface area (Å²) < 4.78 is 5.47. The number of fused-ring (bicyclic) bond motifs is 1. The van der Waals surface area contributed by atoms with Crippen molar-refractivity contribution in [3.8, 4) is 16.9 Å². The number of nitrogens with one attached hydrogen (secondary N) is 1. The summed E-state index contributed by atoms with van der Waals surface area (Å²) >= 11 is 6.26. The van der Waals surface area contributed by atoms with Crippen LogP contribution < -0.4 is 10.1 Å². The van der Waals surface area contributed by atoms with Crippen LogP contribution in [-0.4, -0.2) is 13.7 Å². The summed E-state index contributed by atoms with van der Waals surface area (Å²) in [6, 6.07) is 12.2. The number of hydrogen-bond donors (Lipinski definition) is 1. The third kappa shape index (κ3) is 2.34. The predicted octanol–water partition coefficient (Wildman–Crippen LogP) is 3.66. The Morgan fingerprint density at radius 3 is 2.84 bits per heavy atom. The molecule has 19 heavy (non-hydrogen) atoms. The summed E-state index contributed by atoms with van der Waals surface area (Å²) in [5.74, 6) is 0.894. The zero-order chi connectivity index (χ0) is 13.2. The highest BCUT2D eigenvalue weighted by atomic mass is 35.5. The molecule has 0 unspecified atom stereocenters. The van der Waals surface area contributed by atoms with Crippen LogP contribution >= 0.6 is 11.6 Å². The van der Waals surface area contributed by atoms with Crippen molar-refractivity contribution in [2.45, 2.75) is 13.0 Å². The van der Waals surface area contributed by atoms with Gasteiger partial charge < -0.3 is 10.1 Å². The van der Waals surface area contributed by atoms with Crippen LogP contribution in [-0.2, 0) is 13.0 Å². The van der Waals surface area contributed by atoms with E-state index in [-0.39, 0.29) is 0 Å². The van der Waals surface area contributed by atoms with E-state index in [1.54, 1.807) is 7.11 Å². The van der Waals surface area contributed by atoms with Crippen molar-refractivity contribution in [2.24, 2.45) is 0 Å². The minimum Gasteiger partial charge on any atom is -0.496 e. The fourth-order valence-electron chi connectivity index (χ4n) is 2.69. The highest BCUT2D eigenvalue weighted by Gasteiger charge is 2.17. The fraction of sp³-hybridized carbons (Fsp3) is 0.250. The van der Waals surface area contributed by atoms with E-state index in [0.29, 0.717) is 0 Å². The standard InChI is InChI=1S/C16H16ClNO/c1-19-16-5-3-2-4-14(16)15-9-12(17)8-11-10-18-7-6-13(11)15/h2-5,8-9,18H,6-7,10H2,1H3. The zero-order valence-electron chi connectivity index (χ0n) is 10.9. The summed E-state index contributed by atoms with van der Waals surface area (Å²) in [6.45, 7) is 1.90. The molecule has 0 fully saturated rings. The van der Waals surface area contributed by atoms with Gasteiger partial charge in [0.05, 0.1) is 7.11 Å². The van der Waals surface area contributed by atoms with E-state index in [9.17, 15) is 0 Å². The van der Waals surface area contributed by atoms with Gasteiger partial charge in [0.2, 0.25) is 0 Å². The highest BCUT2D eigenvalue weighted by Crippen LogP contribution is 2.36. The number of methoxy groups -OCH3 is 1.